The minimum atomic E-state index is -3.57. The quantitative estimate of drug-likeness (QED) is 0.111. The highest BCUT2D eigenvalue weighted by Crippen LogP contribution is 2.57. The second kappa shape index (κ2) is 18.8. The van der Waals surface area contributed by atoms with Gasteiger partial charge >= 0.3 is 15.2 Å². The van der Waals surface area contributed by atoms with Gasteiger partial charge in [0.2, 0.25) is 0 Å². The molecule has 18 nitrogen and oxygen atoms in total. The fourth-order valence-electron chi connectivity index (χ4n) is 6.40. The Hall–Kier alpha value is -4.20. The number of imidazole rings is 2. The number of halogens is 4. The van der Waals surface area contributed by atoms with E-state index in [2.05, 4.69) is 29.9 Å². The summed E-state index contributed by atoms with van der Waals surface area (Å²) in [5, 5.41) is 0.747. The molecule has 24 heteroatoms. The first kappa shape index (κ1) is 43.9. The molecule has 0 amide bonds. The van der Waals surface area contributed by atoms with E-state index < -0.39 is 39.0 Å². The summed E-state index contributed by atoms with van der Waals surface area (Å²) in [5.41, 5.74) is 14.2. The molecule has 0 unspecified atom stereocenters. The predicted octanol–water partition coefficient (Wildman–Crippen LogP) is 7.87. The van der Waals surface area contributed by atoms with E-state index in [1.807, 2.05) is 0 Å². The van der Waals surface area contributed by atoms with Gasteiger partial charge < -0.3 is 39.1 Å². The highest BCUT2D eigenvalue weighted by Gasteiger charge is 2.38. The van der Waals surface area contributed by atoms with Gasteiger partial charge in [0, 0.05) is 34.0 Å². The van der Waals surface area contributed by atoms with Gasteiger partial charge in [-0.15, -0.1) is 0 Å². The number of rotatable bonds is 12. The second-order valence-electron chi connectivity index (χ2n) is 13.9. The molecule has 0 spiro atoms. The van der Waals surface area contributed by atoms with Gasteiger partial charge in [0.15, 0.2) is 22.9 Å². The average molecular weight is 912 g/mol. The summed E-state index contributed by atoms with van der Waals surface area (Å²) < 4.78 is 91.2. The van der Waals surface area contributed by atoms with Crippen molar-refractivity contribution in [3.05, 3.63) is 94.5 Å². The number of nitrogens with two attached hydrogens (primary N) is 2. The normalized spacial score (nSPS) is 23.0. The van der Waals surface area contributed by atoms with E-state index in [1.165, 1.54) is 49.1 Å². The lowest BCUT2D eigenvalue weighted by Gasteiger charge is -2.30. The molecule has 2 aromatic carbocycles. The number of hydrogen-bond donors (Lipinski definition) is 2. The van der Waals surface area contributed by atoms with Gasteiger partial charge in [0.1, 0.15) is 48.0 Å². The highest BCUT2D eigenvalue weighted by atomic mass is 35.5. The molecule has 4 N–H and O–H groups in total. The van der Waals surface area contributed by atoms with Crippen molar-refractivity contribution in [3.63, 3.8) is 0 Å². The number of hydrogen-bond acceptors (Lipinski definition) is 16. The molecule has 320 valence electrons. The molecule has 0 saturated carbocycles. The lowest BCUT2D eigenvalue weighted by Crippen LogP contribution is -2.21. The fraction of sp³-hybridized carbons (Fsp3) is 0.389. The molecule has 6 heterocycles. The molecule has 6 aromatic rings. The zero-order valence-electron chi connectivity index (χ0n) is 32.1. The van der Waals surface area contributed by atoms with Crippen molar-refractivity contribution in [2.24, 2.45) is 0 Å². The zero-order chi connectivity index (χ0) is 42.6. The van der Waals surface area contributed by atoms with Crippen molar-refractivity contribution in [1.82, 2.24) is 39.0 Å². The molecular formula is C36H40Cl2F2N10O8P2. The lowest BCUT2D eigenvalue weighted by molar-refractivity contribution is 0.0330. The highest BCUT2D eigenvalue weighted by molar-refractivity contribution is 7.54. The maximum absolute atomic E-state index is 14.2. The standard InChI is InChI=1S/2C18H20ClFN5O4P/c2*1-11(7-25-9-24-16-17(21)22-8-23-18(16)25)27-10-30(26)28-5-4-15(29-30)13-6-12(19)2-3-14(13)20/h2*2-3,6,8-9,11,15H,4-5,7,10H2,1H3,(H2,21,22,23)/t11-,15+,30+;11-,15+,30-/m11/s1. The molecule has 2 fully saturated rings. The summed E-state index contributed by atoms with van der Waals surface area (Å²) >= 11 is 11.9. The van der Waals surface area contributed by atoms with Crippen LogP contribution in [0, 0.1) is 11.6 Å². The predicted molar refractivity (Wildman–Crippen MR) is 217 cm³/mol. The number of ether oxygens (including phenoxy) is 2. The number of aromatic nitrogens is 8. The first-order chi connectivity index (χ1) is 28.7. The van der Waals surface area contributed by atoms with Gasteiger partial charge in [-0.1, -0.05) is 23.2 Å². The van der Waals surface area contributed by atoms with E-state index in [-0.39, 0.29) is 49.2 Å². The van der Waals surface area contributed by atoms with E-state index >= 15 is 0 Å². The van der Waals surface area contributed by atoms with Gasteiger partial charge in [0.05, 0.1) is 63.4 Å². The third-order valence-electron chi connectivity index (χ3n) is 9.32. The van der Waals surface area contributed by atoms with E-state index in [4.69, 9.17) is 62.2 Å². The molecule has 0 bridgehead atoms. The van der Waals surface area contributed by atoms with Crippen LogP contribution in [0.4, 0.5) is 20.4 Å². The van der Waals surface area contributed by atoms with Gasteiger partial charge in [-0.2, -0.15) is 0 Å². The van der Waals surface area contributed by atoms with Crippen LogP contribution in [0.3, 0.4) is 0 Å². The Morgan fingerprint density at radius 1 is 0.717 bits per heavy atom. The number of anilines is 2. The van der Waals surface area contributed by atoms with Crippen molar-refractivity contribution in [3.8, 4) is 0 Å². The molecule has 2 aliphatic rings. The molecule has 2 aliphatic heterocycles. The first-order valence-corrected chi connectivity index (χ1v) is 22.7. The third-order valence-corrected chi connectivity index (χ3v) is 13.0. The van der Waals surface area contributed by atoms with Crippen LogP contribution in [0.25, 0.3) is 22.3 Å². The third kappa shape index (κ3) is 10.5. The fourth-order valence-corrected chi connectivity index (χ4v) is 10.0. The Kier molecular flexibility index (Phi) is 13.8. The van der Waals surface area contributed by atoms with Crippen LogP contribution < -0.4 is 11.5 Å². The van der Waals surface area contributed by atoms with Crippen LogP contribution in [-0.4, -0.2) is 77.2 Å². The Morgan fingerprint density at radius 3 is 1.55 bits per heavy atom. The van der Waals surface area contributed by atoms with Crippen LogP contribution in [0.2, 0.25) is 10.0 Å². The summed E-state index contributed by atoms with van der Waals surface area (Å²) in [6.07, 6.45) is 3.91. The van der Waals surface area contributed by atoms with E-state index in [9.17, 15) is 17.9 Å². The first-order valence-electron chi connectivity index (χ1n) is 18.5. The minimum Gasteiger partial charge on any atom is -0.382 e. The molecule has 2 saturated heterocycles. The Labute approximate surface area is 351 Å². The van der Waals surface area contributed by atoms with Crippen molar-refractivity contribution in [2.75, 3.05) is 37.4 Å². The summed E-state index contributed by atoms with van der Waals surface area (Å²) in [6.45, 7) is 4.71. The number of fused-ring (bicyclic) bond motifs is 2. The average Bonchev–Trinajstić information content (AvgIpc) is 3.84. The van der Waals surface area contributed by atoms with Gasteiger partial charge in [-0.25, -0.2) is 38.7 Å². The minimum absolute atomic E-state index is 0.161. The molecule has 60 heavy (non-hydrogen) atoms. The number of nitrogen functional groups attached to an aromatic ring is 2. The topological polar surface area (TPSA) is 229 Å². The lowest BCUT2D eigenvalue weighted by atomic mass is 10.1. The van der Waals surface area contributed by atoms with Crippen LogP contribution in [0.15, 0.2) is 61.7 Å². The number of nitrogens with zero attached hydrogens (tertiary/aromatic N) is 8. The van der Waals surface area contributed by atoms with Gasteiger partial charge in [-0.3, -0.25) is 18.2 Å². The monoisotopic (exact) mass is 910 g/mol. The number of benzene rings is 2. The summed E-state index contributed by atoms with van der Waals surface area (Å²) in [4.78, 5) is 24.6. The van der Waals surface area contributed by atoms with E-state index in [1.54, 1.807) is 35.6 Å². The Bertz CT molecular complexity index is 2400. The molecule has 8 rings (SSSR count). The van der Waals surface area contributed by atoms with E-state index in [0.717, 1.165) is 0 Å². The second-order valence-corrected chi connectivity index (χ2v) is 18.6. The maximum atomic E-state index is 14.2. The summed E-state index contributed by atoms with van der Waals surface area (Å²) in [7, 11) is -7.14. The largest absolute Gasteiger partial charge is 0.382 e. The molecule has 6 atom stereocenters. The smallest absolute Gasteiger partial charge is 0.356 e. The van der Waals surface area contributed by atoms with Crippen molar-refractivity contribution in [1.29, 1.82) is 0 Å². The molecule has 4 aromatic heterocycles. The van der Waals surface area contributed by atoms with Crippen molar-refractivity contribution in [2.45, 2.75) is 64.2 Å². The summed E-state index contributed by atoms with van der Waals surface area (Å²) in [5.74, 6) is -0.360. The maximum Gasteiger partial charge on any atom is 0.356 e. The summed E-state index contributed by atoms with van der Waals surface area (Å²) in [6, 6.07) is 8.35. The van der Waals surface area contributed by atoms with Crippen molar-refractivity contribution < 1.29 is 45.5 Å². The Morgan fingerprint density at radius 2 is 1.13 bits per heavy atom. The van der Waals surface area contributed by atoms with Crippen LogP contribution in [0.1, 0.15) is 50.0 Å². The van der Waals surface area contributed by atoms with Crippen LogP contribution in [0.5, 0.6) is 0 Å². The van der Waals surface area contributed by atoms with Crippen LogP contribution in [-0.2, 0) is 49.8 Å². The zero-order valence-corrected chi connectivity index (χ0v) is 35.4. The molecular weight excluding hydrogens is 871 g/mol. The Balaban J connectivity index is 0.000000181. The van der Waals surface area contributed by atoms with Crippen molar-refractivity contribution >= 4 is 72.4 Å². The van der Waals surface area contributed by atoms with Crippen LogP contribution >= 0.6 is 38.4 Å². The molecule has 0 radical (unpaired) electrons. The van der Waals surface area contributed by atoms with E-state index in [0.29, 0.717) is 69.9 Å². The molecule has 0 aliphatic carbocycles. The SMILES string of the molecule is C[C@H](Cn1cnc2c(N)ncnc21)OC[P@@]1(=O)OCC[C@@H](c2cc(Cl)ccc2F)O1.C[C@H](Cn1cnc2c(N)ncnc21)OC[P@]1(=O)OCC[C@@H](c2cc(Cl)ccc2F)O1. The van der Waals surface area contributed by atoms with Gasteiger partial charge in [0.25, 0.3) is 0 Å². The van der Waals surface area contributed by atoms with Gasteiger partial charge in [-0.05, 0) is 50.2 Å².